The first-order chi connectivity index (χ1) is 16.8. The lowest BCUT2D eigenvalue weighted by Crippen LogP contribution is -2.52. The average Bonchev–Trinajstić information content (AvgIpc) is 2.78. The first kappa shape index (κ1) is 27.8. The first-order valence-electron chi connectivity index (χ1n) is 12.4. The van der Waals surface area contributed by atoms with Crippen molar-refractivity contribution in [1.29, 1.82) is 0 Å². The molecule has 9 heteroatoms. The lowest BCUT2D eigenvalue weighted by atomic mass is 9.87. The van der Waals surface area contributed by atoms with Crippen molar-refractivity contribution in [2.24, 2.45) is 0 Å². The molecule has 0 saturated heterocycles. The molecule has 4 N–H and O–H groups in total. The first-order valence-corrected chi connectivity index (χ1v) is 13.1. The number of aromatic nitrogens is 1. The van der Waals surface area contributed by atoms with Gasteiger partial charge in [-0.3, -0.25) is 9.59 Å². The second kappa shape index (κ2) is 11.1. The van der Waals surface area contributed by atoms with E-state index in [4.69, 9.17) is 0 Å². The van der Waals surface area contributed by atoms with Crippen molar-refractivity contribution < 1.29 is 14.7 Å². The molecule has 0 unspecified atom stereocenters. The molecule has 2 amide bonds. The van der Waals surface area contributed by atoms with Gasteiger partial charge in [-0.15, -0.1) is 0 Å². The van der Waals surface area contributed by atoms with E-state index in [-0.39, 0.29) is 30.1 Å². The molecule has 3 rings (SSSR count). The van der Waals surface area contributed by atoms with E-state index in [1.807, 2.05) is 53.7 Å². The summed E-state index contributed by atoms with van der Waals surface area (Å²) in [5.74, 6) is -0.238. The third-order valence-electron chi connectivity index (χ3n) is 7.04. The van der Waals surface area contributed by atoms with Gasteiger partial charge in [0, 0.05) is 51.1 Å². The number of amides is 2. The molecule has 1 saturated carbocycles. The van der Waals surface area contributed by atoms with Crippen LogP contribution in [0.15, 0.2) is 27.5 Å². The fourth-order valence-corrected chi connectivity index (χ4v) is 5.43. The summed E-state index contributed by atoms with van der Waals surface area (Å²) in [7, 11) is 0. The summed E-state index contributed by atoms with van der Waals surface area (Å²) < 4.78 is 0.831. The van der Waals surface area contributed by atoms with Gasteiger partial charge in [-0.1, -0.05) is 6.07 Å². The van der Waals surface area contributed by atoms with Crippen molar-refractivity contribution in [3.05, 3.63) is 61.0 Å². The van der Waals surface area contributed by atoms with Gasteiger partial charge in [0.15, 0.2) is 0 Å². The number of anilines is 1. The Hall–Kier alpha value is -2.81. The minimum Gasteiger partial charge on any atom is -0.465 e. The summed E-state index contributed by atoms with van der Waals surface area (Å²) in [5.41, 5.74) is 3.74. The lowest BCUT2D eigenvalue weighted by molar-refractivity contribution is 0.0556. The molecule has 1 aliphatic carbocycles. The van der Waals surface area contributed by atoms with E-state index < -0.39 is 11.6 Å². The normalized spacial score (nSPS) is 18.0. The van der Waals surface area contributed by atoms with E-state index in [0.717, 1.165) is 52.7 Å². The van der Waals surface area contributed by atoms with E-state index in [9.17, 15) is 19.5 Å². The van der Waals surface area contributed by atoms with Gasteiger partial charge in [0.05, 0.1) is 0 Å². The molecule has 1 heterocycles. The molecule has 1 aromatic heterocycles. The molecule has 0 atom stereocenters. The van der Waals surface area contributed by atoms with Crippen LogP contribution in [-0.4, -0.2) is 44.6 Å². The fourth-order valence-electron chi connectivity index (χ4n) is 5.09. The Morgan fingerprint density at radius 1 is 1.11 bits per heavy atom. The highest BCUT2D eigenvalue weighted by molar-refractivity contribution is 9.10. The van der Waals surface area contributed by atoms with Crippen molar-refractivity contribution in [1.82, 2.24) is 15.2 Å². The number of hydrogen-bond donors (Lipinski definition) is 4. The molecule has 0 aliphatic heterocycles. The highest BCUT2D eigenvalue weighted by atomic mass is 79.9. The number of carbonyl (C=O) groups is 2. The number of nitrogens with zero attached hydrogens (tertiary/aromatic N) is 1. The molecule has 1 aliphatic rings. The number of H-pyrrole nitrogens is 1. The Bertz CT molecular complexity index is 1190. The smallest absolute Gasteiger partial charge is 0.407 e. The van der Waals surface area contributed by atoms with E-state index in [0.29, 0.717) is 11.1 Å². The Kier molecular flexibility index (Phi) is 8.54. The van der Waals surface area contributed by atoms with Crippen LogP contribution in [0.5, 0.6) is 0 Å². The molecular weight excluding hydrogens is 524 g/mol. The maximum absolute atomic E-state index is 13.0. The molecular formula is C27H37BrN4O4. The molecule has 196 valence electrons. The second-order valence-electron chi connectivity index (χ2n) is 10.6. The number of nitrogens with one attached hydrogen (secondary N) is 3. The molecule has 36 heavy (non-hydrogen) atoms. The van der Waals surface area contributed by atoms with Gasteiger partial charge < -0.3 is 25.6 Å². The average molecular weight is 562 g/mol. The molecule has 0 spiro atoms. The van der Waals surface area contributed by atoms with Crippen LogP contribution in [0, 0.1) is 20.8 Å². The topological polar surface area (TPSA) is 115 Å². The van der Waals surface area contributed by atoms with E-state index in [1.165, 1.54) is 0 Å². The summed E-state index contributed by atoms with van der Waals surface area (Å²) in [6.07, 6.45) is 2.42. The van der Waals surface area contributed by atoms with Crippen LogP contribution in [0.3, 0.4) is 0 Å². The molecule has 0 radical (unpaired) electrons. The van der Waals surface area contributed by atoms with Crippen LogP contribution in [0.25, 0.3) is 0 Å². The van der Waals surface area contributed by atoms with Gasteiger partial charge in [0.1, 0.15) is 0 Å². The Morgan fingerprint density at radius 3 is 2.33 bits per heavy atom. The van der Waals surface area contributed by atoms with E-state index in [2.05, 4.69) is 31.5 Å². The molecule has 1 aromatic carbocycles. The van der Waals surface area contributed by atoms with Crippen LogP contribution in [-0.2, 0) is 6.54 Å². The van der Waals surface area contributed by atoms with Gasteiger partial charge >= 0.3 is 6.09 Å². The van der Waals surface area contributed by atoms with Gasteiger partial charge in [-0.05, 0) is 106 Å². The van der Waals surface area contributed by atoms with Crippen LogP contribution >= 0.6 is 15.9 Å². The summed E-state index contributed by atoms with van der Waals surface area (Å²) in [4.78, 5) is 41.6. The van der Waals surface area contributed by atoms with Gasteiger partial charge in [0.2, 0.25) is 0 Å². The minimum absolute atomic E-state index is 0.00665. The summed E-state index contributed by atoms with van der Waals surface area (Å²) in [6.45, 7) is 11.5. The molecule has 1 fully saturated rings. The zero-order chi connectivity index (χ0) is 26.8. The molecule has 2 aromatic rings. The quantitative estimate of drug-likeness (QED) is 0.372. The Morgan fingerprint density at radius 2 is 1.75 bits per heavy atom. The van der Waals surface area contributed by atoms with Gasteiger partial charge in [-0.2, -0.15) is 0 Å². The SMILES string of the molecule is Cc1[nH]c(=O)c(CNC(=O)c2cccc(N[C@H]3CC[C@H](N(C(=O)O)C(C)(C)C)CC3)c2C)c(C)c1Br. The number of hydrogen-bond acceptors (Lipinski definition) is 4. The standard InChI is InChI=1S/C27H37BrN4O4/c1-15-20(24(33)29-14-21-16(2)23(28)17(3)30-25(21)34)8-7-9-22(15)31-18-10-12-19(13-11-18)32(26(35)36)27(4,5)6/h7-9,18-19,31H,10-14H2,1-6H3,(H,29,33)(H,30,34)(H,35,36)/t18-,19-. The number of carbonyl (C=O) groups excluding carboxylic acids is 1. The molecule has 0 bridgehead atoms. The highest BCUT2D eigenvalue weighted by Crippen LogP contribution is 2.31. The predicted molar refractivity (Wildman–Crippen MR) is 146 cm³/mol. The Labute approximate surface area is 221 Å². The minimum atomic E-state index is -0.872. The number of aromatic amines is 1. The number of benzene rings is 1. The highest BCUT2D eigenvalue weighted by Gasteiger charge is 2.35. The number of aryl methyl sites for hydroxylation is 1. The monoisotopic (exact) mass is 560 g/mol. The fraction of sp³-hybridized carbons (Fsp3) is 0.519. The summed E-state index contributed by atoms with van der Waals surface area (Å²) >= 11 is 3.49. The van der Waals surface area contributed by atoms with Crippen LogP contribution in [0.2, 0.25) is 0 Å². The second-order valence-corrected chi connectivity index (χ2v) is 11.4. The van der Waals surface area contributed by atoms with Crippen molar-refractivity contribution in [3.8, 4) is 0 Å². The van der Waals surface area contributed by atoms with Crippen molar-refractivity contribution >= 4 is 33.6 Å². The number of carboxylic acid groups (broad SMARTS) is 1. The van der Waals surface area contributed by atoms with Crippen LogP contribution < -0.4 is 16.2 Å². The van der Waals surface area contributed by atoms with Crippen molar-refractivity contribution in [2.45, 2.75) is 91.4 Å². The van der Waals surface area contributed by atoms with Crippen LogP contribution in [0.1, 0.15) is 79.2 Å². The largest absolute Gasteiger partial charge is 0.465 e. The van der Waals surface area contributed by atoms with Crippen molar-refractivity contribution in [2.75, 3.05) is 5.32 Å². The number of halogens is 1. The summed E-state index contributed by atoms with van der Waals surface area (Å²) in [6, 6.07) is 5.81. The lowest BCUT2D eigenvalue weighted by Gasteiger charge is -2.43. The maximum Gasteiger partial charge on any atom is 0.407 e. The van der Waals surface area contributed by atoms with Crippen molar-refractivity contribution in [3.63, 3.8) is 0 Å². The zero-order valence-electron chi connectivity index (χ0n) is 21.9. The van der Waals surface area contributed by atoms with E-state index in [1.54, 1.807) is 11.0 Å². The number of rotatable bonds is 6. The third-order valence-corrected chi connectivity index (χ3v) is 8.23. The predicted octanol–water partition coefficient (Wildman–Crippen LogP) is 5.49. The van der Waals surface area contributed by atoms with Crippen LogP contribution in [0.4, 0.5) is 10.5 Å². The Balaban J connectivity index is 1.66. The van der Waals surface area contributed by atoms with Gasteiger partial charge in [0.25, 0.3) is 11.5 Å². The number of pyridine rings is 1. The molecule has 8 nitrogen and oxygen atoms in total. The summed E-state index contributed by atoms with van der Waals surface area (Å²) in [5, 5.41) is 16.2. The third kappa shape index (κ3) is 6.11. The maximum atomic E-state index is 13.0. The van der Waals surface area contributed by atoms with E-state index >= 15 is 0 Å². The zero-order valence-corrected chi connectivity index (χ0v) is 23.5. The van der Waals surface area contributed by atoms with Gasteiger partial charge in [-0.25, -0.2) is 4.79 Å².